The fourth-order valence-electron chi connectivity index (χ4n) is 3.08. The van der Waals surface area contributed by atoms with Gasteiger partial charge in [-0.2, -0.15) is 5.10 Å². The monoisotopic (exact) mass is 409 g/mol. The molecule has 0 saturated heterocycles. The number of benzene rings is 3. The van der Waals surface area contributed by atoms with E-state index in [1.165, 1.54) is 0 Å². The van der Waals surface area contributed by atoms with Gasteiger partial charge in [0, 0.05) is 21.4 Å². The highest BCUT2D eigenvalue weighted by atomic mass is 35.5. The Morgan fingerprint density at radius 1 is 1.14 bits per heavy atom. The number of hydrogen-bond acceptors (Lipinski definition) is 4. The predicted octanol–water partition coefficient (Wildman–Crippen LogP) is 5.33. The molecule has 0 fully saturated rings. The molecule has 5 nitrogen and oxygen atoms in total. The van der Waals surface area contributed by atoms with E-state index >= 15 is 0 Å². The number of fused-ring (bicyclic) bond motifs is 1. The highest BCUT2D eigenvalue weighted by Crippen LogP contribution is 2.31. The number of hydrogen-bond donors (Lipinski definition) is 1. The van der Waals surface area contributed by atoms with Crippen molar-refractivity contribution in [2.45, 2.75) is 13.5 Å². The van der Waals surface area contributed by atoms with Crippen LogP contribution in [-0.4, -0.2) is 20.7 Å². The molecule has 0 saturated carbocycles. The highest BCUT2D eigenvalue weighted by Gasteiger charge is 2.15. The number of halogens is 1. The van der Waals surface area contributed by atoms with E-state index < -0.39 is 5.97 Å². The summed E-state index contributed by atoms with van der Waals surface area (Å²) in [6, 6.07) is 18.8. The Bertz CT molecular complexity index is 1250. The number of nitrogens with zero attached hydrogens (tertiary/aromatic N) is 2. The third-order valence-electron chi connectivity index (χ3n) is 4.38. The van der Waals surface area contributed by atoms with Crippen LogP contribution in [-0.2, 0) is 11.3 Å². The molecule has 1 N–H and O–H groups in total. The van der Waals surface area contributed by atoms with E-state index in [1.54, 1.807) is 16.7 Å². The zero-order valence-corrected chi connectivity index (χ0v) is 16.6. The number of ether oxygens (including phenoxy) is 1. The fourth-order valence-corrected chi connectivity index (χ4v) is 3.50. The van der Waals surface area contributed by atoms with Gasteiger partial charge >= 0.3 is 5.97 Å². The van der Waals surface area contributed by atoms with Gasteiger partial charge < -0.3 is 4.74 Å². The van der Waals surface area contributed by atoms with Gasteiger partial charge in [0.15, 0.2) is 10.6 Å². The van der Waals surface area contributed by atoms with E-state index in [0.717, 1.165) is 21.9 Å². The van der Waals surface area contributed by atoms with E-state index in [-0.39, 0.29) is 6.54 Å². The molecule has 3 aromatic carbocycles. The SMILES string of the molecule is Cc1cccc(-c2n[nH]c(=S)n2CC(=O)Oc2ccc(Cl)c3ccccc23)c1. The zero-order valence-electron chi connectivity index (χ0n) is 15.0. The Labute approximate surface area is 171 Å². The number of aromatic amines is 1. The molecule has 0 aliphatic heterocycles. The van der Waals surface area contributed by atoms with Gasteiger partial charge in [-0.15, -0.1) is 0 Å². The number of rotatable bonds is 4. The van der Waals surface area contributed by atoms with Crippen LogP contribution >= 0.6 is 23.8 Å². The minimum absolute atomic E-state index is 0.0600. The maximum atomic E-state index is 12.6. The minimum Gasteiger partial charge on any atom is -0.425 e. The topological polar surface area (TPSA) is 59.9 Å². The normalized spacial score (nSPS) is 10.9. The Morgan fingerprint density at radius 3 is 2.71 bits per heavy atom. The Kier molecular flexibility index (Phi) is 4.98. The zero-order chi connectivity index (χ0) is 19.7. The van der Waals surface area contributed by atoms with Crippen LogP contribution in [0.2, 0.25) is 5.02 Å². The largest absolute Gasteiger partial charge is 0.425 e. The summed E-state index contributed by atoms with van der Waals surface area (Å²) in [4.78, 5) is 12.6. The summed E-state index contributed by atoms with van der Waals surface area (Å²) in [6.45, 7) is 1.94. The summed E-state index contributed by atoms with van der Waals surface area (Å²) in [5.41, 5.74) is 1.96. The van der Waals surface area contributed by atoms with E-state index in [4.69, 9.17) is 28.6 Å². The summed E-state index contributed by atoms with van der Waals surface area (Å²) >= 11 is 11.5. The Balaban J connectivity index is 1.63. The lowest BCUT2D eigenvalue weighted by molar-refractivity contribution is -0.134. The summed E-state index contributed by atoms with van der Waals surface area (Å²) < 4.78 is 7.60. The second-order valence-electron chi connectivity index (χ2n) is 6.37. The van der Waals surface area contributed by atoms with Crippen molar-refractivity contribution in [3.63, 3.8) is 0 Å². The number of H-pyrrole nitrogens is 1. The number of nitrogens with one attached hydrogen (secondary N) is 1. The van der Waals surface area contributed by atoms with Gasteiger partial charge in [-0.05, 0) is 37.3 Å². The first-order valence-electron chi connectivity index (χ1n) is 8.63. The molecule has 140 valence electrons. The molecule has 28 heavy (non-hydrogen) atoms. The molecule has 4 aromatic rings. The van der Waals surface area contributed by atoms with E-state index in [2.05, 4.69) is 10.2 Å². The molecule has 4 rings (SSSR count). The Morgan fingerprint density at radius 2 is 1.93 bits per heavy atom. The lowest BCUT2D eigenvalue weighted by Gasteiger charge is -2.10. The van der Waals surface area contributed by atoms with Crippen molar-refractivity contribution >= 4 is 40.6 Å². The smallest absolute Gasteiger partial charge is 0.331 e. The van der Waals surface area contributed by atoms with Gasteiger partial charge in [-0.1, -0.05) is 59.6 Å². The second-order valence-corrected chi connectivity index (χ2v) is 7.17. The minimum atomic E-state index is -0.445. The van der Waals surface area contributed by atoms with Crippen LogP contribution in [0.5, 0.6) is 5.75 Å². The average Bonchev–Trinajstić information content (AvgIpc) is 3.05. The standard InChI is InChI=1S/C21H16ClN3O2S/c1-13-5-4-6-14(11-13)20-23-24-21(28)25(20)12-19(26)27-18-10-9-17(22)15-7-2-3-8-16(15)18/h2-11H,12H2,1H3,(H,24,28). The third kappa shape index (κ3) is 3.56. The number of aromatic nitrogens is 3. The van der Waals surface area contributed by atoms with Gasteiger partial charge in [-0.25, -0.2) is 4.79 Å². The molecule has 1 heterocycles. The van der Waals surface area contributed by atoms with Crippen molar-refractivity contribution in [1.82, 2.24) is 14.8 Å². The predicted molar refractivity (Wildman–Crippen MR) is 112 cm³/mol. The Hall–Kier alpha value is -2.96. The van der Waals surface area contributed by atoms with Gasteiger partial charge in [0.25, 0.3) is 0 Å². The first-order valence-corrected chi connectivity index (χ1v) is 9.42. The van der Waals surface area contributed by atoms with Crippen molar-refractivity contribution in [2.24, 2.45) is 0 Å². The molecule has 7 heteroatoms. The third-order valence-corrected chi connectivity index (χ3v) is 5.02. The number of aryl methyl sites for hydroxylation is 1. The van der Waals surface area contributed by atoms with E-state index in [1.807, 2.05) is 55.5 Å². The number of carbonyl (C=O) groups is 1. The van der Waals surface area contributed by atoms with Gasteiger partial charge in [-0.3, -0.25) is 9.67 Å². The van der Waals surface area contributed by atoms with Crippen LogP contribution in [0.3, 0.4) is 0 Å². The van der Waals surface area contributed by atoms with Crippen LogP contribution in [0.25, 0.3) is 22.2 Å². The van der Waals surface area contributed by atoms with Gasteiger partial charge in [0.2, 0.25) is 0 Å². The maximum absolute atomic E-state index is 12.6. The molecule has 0 aliphatic rings. The highest BCUT2D eigenvalue weighted by molar-refractivity contribution is 7.71. The molecule has 0 spiro atoms. The molecular formula is C21H16ClN3O2S. The summed E-state index contributed by atoms with van der Waals surface area (Å²) in [5, 5.41) is 9.23. The first-order chi connectivity index (χ1) is 13.5. The van der Waals surface area contributed by atoms with E-state index in [0.29, 0.717) is 21.4 Å². The molecule has 0 atom stereocenters. The molecule has 0 aliphatic carbocycles. The van der Waals surface area contributed by atoms with Crippen molar-refractivity contribution in [2.75, 3.05) is 0 Å². The molecule has 0 unspecified atom stereocenters. The first kappa shape index (κ1) is 18.4. The second kappa shape index (κ2) is 7.58. The maximum Gasteiger partial charge on any atom is 0.331 e. The fraction of sp³-hybridized carbons (Fsp3) is 0.0952. The van der Waals surface area contributed by atoms with Crippen molar-refractivity contribution in [3.8, 4) is 17.1 Å². The molecule has 0 bridgehead atoms. The van der Waals surface area contributed by atoms with Gasteiger partial charge in [0.05, 0.1) is 0 Å². The van der Waals surface area contributed by atoms with Crippen LogP contribution < -0.4 is 4.74 Å². The molecule has 0 amide bonds. The summed E-state index contributed by atoms with van der Waals surface area (Å²) in [5.74, 6) is 0.600. The average molecular weight is 410 g/mol. The van der Waals surface area contributed by atoms with Crippen molar-refractivity contribution in [3.05, 3.63) is 76.0 Å². The van der Waals surface area contributed by atoms with Crippen molar-refractivity contribution < 1.29 is 9.53 Å². The van der Waals surface area contributed by atoms with E-state index in [9.17, 15) is 4.79 Å². The summed E-state index contributed by atoms with van der Waals surface area (Å²) in [6.07, 6.45) is 0. The van der Waals surface area contributed by atoms with Crippen LogP contribution in [0.15, 0.2) is 60.7 Å². The quantitative estimate of drug-likeness (QED) is 0.281. The molecule has 0 radical (unpaired) electrons. The van der Waals surface area contributed by atoms with Crippen LogP contribution in [0, 0.1) is 11.7 Å². The van der Waals surface area contributed by atoms with Crippen molar-refractivity contribution in [1.29, 1.82) is 0 Å². The number of carbonyl (C=O) groups excluding carboxylic acids is 1. The van der Waals surface area contributed by atoms with Crippen LogP contribution in [0.1, 0.15) is 5.56 Å². The molecule has 1 aromatic heterocycles. The number of esters is 1. The summed E-state index contributed by atoms with van der Waals surface area (Å²) in [7, 11) is 0. The molecular weight excluding hydrogens is 394 g/mol. The lowest BCUT2D eigenvalue weighted by Crippen LogP contribution is -2.17. The van der Waals surface area contributed by atoms with Crippen LogP contribution in [0.4, 0.5) is 0 Å². The van der Waals surface area contributed by atoms with Gasteiger partial charge in [0.1, 0.15) is 12.3 Å². The lowest BCUT2D eigenvalue weighted by atomic mass is 10.1.